The Hall–Kier alpha value is -2.84. The standard InChI is InChI=1S/C29H36ClFN6/c1-19(32-2)16-34-14-13-21-15-25(30)26(24-12-8-10-20-9-6-7-11-23(20)24)27(31)28(21)35-29(33-3)37-17-22(18-37)36(4)5/h6-12,15,19,22,32,34H,3,13-14,16-18H2,1-2,4-5H3/t19-/m1/s1. The molecule has 4 rings (SSSR count). The van der Waals surface area contributed by atoms with E-state index in [9.17, 15) is 0 Å². The van der Waals surface area contributed by atoms with E-state index in [4.69, 9.17) is 16.6 Å². The van der Waals surface area contributed by atoms with Crippen LogP contribution in [0.15, 0.2) is 58.5 Å². The monoisotopic (exact) mass is 522 g/mol. The summed E-state index contributed by atoms with van der Waals surface area (Å²) >= 11 is 6.78. The zero-order chi connectivity index (χ0) is 26.5. The minimum Gasteiger partial charge on any atom is -0.338 e. The largest absolute Gasteiger partial charge is 0.338 e. The predicted molar refractivity (Wildman–Crippen MR) is 155 cm³/mol. The molecule has 8 heteroatoms. The number of likely N-dealkylation sites (tertiary alicyclic amines) is 1. The molecule has 1 aliphatic heterocycles. The van der Waals surface area contributed by atoms with Gasteiger partial charge in [-0.15, -0.1) is 0 Å². The Kier molecular flexibility index (Phi) is 8.92. The van der Waals surface area contributed by atoms with Gasteiger partial charge in [-0.05, 0) is 75.7 Å². The van der Waals surface area contributed by atoms with Crippen molar-refractivity contribution >= 4 is 40.7 Å². The molecule has 1 heterocycles. The van der Waals surface area contributed by atoms with Gasteiger partial charge in [-0.2, -0.15) is 0 Å². The summed E-state index contributed by atoms with van der Waals surface area (Å²) in [6.45, 7) is 8.85. The average molecular weight is 523 g/mol. The molecule has 0 bridgehead atoms. The third-order valence-corrected chi connectivity index (χ3v) is 7.37. The van der Waals surface area contributed by atoms with Crippen LogP contribution >= 0.6 is 11.6 Å². The summed E-state index contributed by atoms with van der Waals surface area (Å²) in [5, 5.41) is 8.97. The molecular formula is C29H36ClFN6. The number of nitrogens with one attached hydrogen (secondary N) is 2. The zero-order valence-corrected chi connectivity index (χ0v) is 22.8. The highest BCUT2D eigenvalue weighted by molar-refractivity contribution is 6.34. The third kappa shape index (κ3) is 6.02. The lowest BCUT2D eigenvalue weighted by atomic mass is 9.95. The van der Waals surface area contributed by atoms with Crippen molar-refractivity contribution in [3.05, 3.63) is 64.9 Å². The molecule has 1 atom stereocenters. The normalized spacial score (nSPS) is 15.3. The lowest BCUT2D eigenvalue weighted by molar-refractivity contribution is 0.123. The summed E-state index contributed by atoms with van der Waals surface area (Å²) in [7, 11) is 6.03. The zero-order valence-electron chi connectivity index (χ0n) is 22.1. The van der Waals surface area contributed by atoms with E-state index in [1.54, 1.807) is 0 Å². The van der Waals surface area contributed by atoms with Crippen molar-refractivity contribution in [2.45, 2.75) is 25.4 Å². The summed E-state index contributed by atoms with van der Waals surface area (Å²) in [4.78, 5) is 13.1. The highest BCUT2D eigenvalue weighted by Crippen LogP contribution is 2.41. The van der Waals surface area contributed by atoms with Crippen LogP contribution in [-0.4, -0.2) is 81.9 Å². The molecule has 0 aromatic heterocycles. The van der Waals surface area contributed by atoms with E-state index in [1.807, 2.05) is 60.5 Å². The van der Waals surface area contributed by atoms with Gasteiger partial charge in [0.05, 0.1) is 5.02 Å². The van der Waals surface area contributed by atoms with E-state index in [0.29, 0.717) is 41.6 Å². The number of rotatable bonds is 9. The second-order valence-electron chi connectivity index (χ2n) is 9.82. The first-order chi connectivity index (χ1) is 17.8. The molecule has 0 unspecified atom stereocenters. The number of nitrogens with zero attached hydrogens (tertiary/aromatic N) is 4. The van der Waals surface area contributed by atoms with Crippen LogP contribution in [0, 0.1) is 5.82 Å². The summed E-state index contributed by atoms with van der Waals surface area (Å²) < 4.78 is 16.5. The fourth-order valence-electron chi connectivity index (χ4n) is 4.55. The van der Waals surface area contributed by atoms with Crippen LogP contribution in [0.5, 0.6) is 0 Å². The minimum atomic E-state index is -0.437. The fourth-order valence-corrected chi connectivity index (χ4v) is 4.87. The second-order valence-corrected chi connectivity index (χ2v) is 10.2. The van der Waals surface area contributed by atoms with Crippen molar-refractivity contribution in [2.75, 3.05) is 47.3 Å². The highest BCUT2D eigenvalue weighted by Gasteiger charge is 2.31. The van der Waals surface area contributed by atoms with Crippen LogP contribution in [0.4, 0.5) is 10.1 Å². The number of fused-ring (bicyclic) bond motifs is 1. The van der Waals surface area contributed by atoms with E-state index < -0.39 is 5.82 Å². The number of benzene rings is 3. The van der Waals surface area contributed by atoms with Gasteiger partial charge in [0.15, 0.2) is 5.82 Å². The molecule has 37 heavy (non-hydrogen) atoms. The molecule has 0 amide bonds. The Morgan fingerprint density at radius 2 is 1.95 bits per heavy atom. The van der Waals surface area contributed by atoms with Gasteiger partial charge in [-0.25, -0.2) is 14.4 Å². The molecule has 0 radical (unpaired) electrons. The quantitative estimate of drug-likeness (QED) is 0.236. The maximum Gasteiger partial charge on any atom is 0.225 e. The van der Waals surface area contributed by atoms with Crippen LogP contribution in [0.2, 0.25) is 5.02 Å². The van der Waals surface area contributed by atoms with Gasteiger partial charge in [0.2, 0.25) is 5.96 Å². The molecule has 3 aromatic rings. The maximum atomic E-state index is 16.5. The first-order valence-corrected chi connectivity index (χ1v) is 13.1. The Balaban J connectivity index is 1.77. The van der Waals surface area contributed by atoms with E-state index in [2.05, 4.69) is 48.3 Å². The summed E-state index contributed by atoms with van der Waals surface area (Å²) in [5.74, 6) is -0.00511. The molecule has 2 N–H and O–H groups in total. The van der Waals surface area contributed by atoms with Gasteiger partial charge < -0.3 is 20.4 Å². The van der Waals surface area contributed by atoms with E-state index in [1.165, 1.54) is 0 Å². The van der Waals surface area contributed by atoms with Gasteiger partial charge >= 0.3 is 0 Å². The first-order valence-electron chi connectivity index (χ1n) is 12.7. The summed E-state index contributed by atoms with van der Waals surface area (Å²) in [6, 6.07) is 16.4. The summed E-state index contributed by atoms with van der Waals surface area (Å²) in [5.41, 5.74) is 2.11. The Labute approximate surface area is 224 Å². The lowest BCUT2D eigenvalue weighted by Gasteiger charge is -2.43. The molecule has 1 aliphatic rings. The van der Waals surface area contributed by atoms with Crippen LogP contribution < -0.4 is 10.6 Å². The summed E-state index contributed by atoms with van der Waals surface area (Å²) in [6.07, 6.45) is 0.576. The Morgan fingerprint density at radius 3 is 2.65 bits per heavy atom. The third-order valence-electron chi connectivity index (χ3n) is 7.07. The molecule has 6 nitrogen and oxygen atoms in total. The smallest absolute Gasteiger partial charge is 0.225 e. The molecular weight excluding hydrogens is 487 g/mol. The number of likely N-dealkylation sites (N-methyl/N-ethyl adjacent to an activating group) is 2. The van der Waals surface area contributed by atoms with Gasteiger partial charge in [0.25, 0.3) is 0 Å². The number of halogens is 2. The Morgan fingerprint density at radius 1 is 1.22 bits per heavy atom. The van der Waals surface area contributed by atoms with Gasteiger partial charge in [-0.1, -0.05) is 54.1 Å². The minimum absolute atomic E-state index is 0.270. The van der Waals surface area contributed by atoms with Crippen LogP contribution in [0.25, 0.3) is 21.9 Å². The molecule has 1 fully saturated rings. The SMILES string of the molecule is C=NC(=Nc1c(CCNC[C@@H](C)NC)cc(Cl)c(-c2cccc3ccccc23)c1F)N1CC(N(C)C)C1. The van der Waals surface area contributed by atoms with Crippen molar-refractivity contribution in [2.24, 2.45) is 9.98 Å². The van der Waals surface area contributed by atoms with Crippen molar-refractivity contribution in [3.63, 3.8) is 0 Å². The number of guanidine groups is 1. The lowest BCUT2D eigenvalue weighted by Crippen LogP contribution is -2.58. The Bertz CT molecular complexity index is 1280. The highest BCUT2D eigenvalue weighted by atomic mass is 35.5. The number of hydrogen-bond acceptors (Lipinski definition) is 4. The number of aliphatic imine (C=N–C) groups is 2. The van der Waals surface area contributed by atoms with E-state index in [0.717, 1.165) is 41.5 Å². The first kappa shape index (κ1) is 27.2. The molecule has 1 saturated heterocycles. The molecule has 0 saturated carbocycles. The molecule has 0 aliphatic carbocycles. The predicted octanol–water partition coefficient (Wildman–Crippen LogP) is 4.97. The second kappa shape index (κ2) is 12.1. The van der Waals surface area contributed by atoms with Gasteiger partial charge in [0, 0.05) is 37.3 Å². The van der Waals surface area contributed by atoms with Crippen LogP contribution in [0.3, 0.4) is 0 Å². The molecule has 3 aromatic carbocycles. The van der Waals surface area contributed by atoms with Gasteiger partial charge in [0.1, 0.15) is 5.69 Å². The van der Waals surface area contributed by atoms with Crippen molar-refractivity contribution in [3.8, 4) is 11.1 Å². The van der Waals surface area contributed by atoms with Gasteiger partial charge in [-0.3, -0.25) is 0 Å². The van der Waals surface area contributed by atoms with Crippen LogP contribution in [-0.2, 0) is 6.42 Å². The van der Waals surface area contributed by atoms with E-state index >= 15 is 4.39 Å². The average Bonchev–Trinajstić information content (AvgIpc) is 2.86. The number of hydrogen-bond donors (Lipinski definition) is 2. The van der Waals surface area contributed by atoms with Crippen LogP contribution in [0.1, 0.15) is 12.5 Å². The molecule has 0 spiro atoms. The maximum absolute atomic E-state index is 16.5. The fraction of sp³-hybridized carbons (Fsp3) is 0.379. The van der Waals surface area contributed by atoms with Crippen molar-refractivity contribution in [1.29, 1.82) is 0 Å². The van der Waals surface area contributed by atoms with E-state index in [-0.39, 0.29) is 5.69 Å². The van der Waals surface area contributed by atoms with Crippen molar-refractivity contribution < 1.29 is 4.39 Å². The topological polar surface area (TPSA) is 55.3 Å². The molecule has 196 valence electrons. The van der Waals surface area contributed by atoms with Crippen molar-refractivity contribution in [1.82, 2.24) is 20.4 Å².